The van der Waals surface area contributed by atoms with Crippen LogP contribution in [0.4, 0.5) is 0 Å². The van der Waals surface area contributed by atoms with Gasteiger partial charge in [0, 0.05) is 31.5 Å². The van der Waals surface area contributed by atoms with Crippen LogP contribution in [0.15, 0.2) is 18.5 Å². The van der Waals surface area contributed by atoms with E-state index in [2.05, 4.69) is 26.2 Å². The molecule has 4 heteroatoms. The number of nitrogens with zero attached hydrogens (tertiary/aromatic N) is 3. The van der Waals surface area contributed by atoms with Gasteiger partial charge in [-0.1, -0.05) is 0 Å². The van der Waals surface area contributed by atoms with E-state index in [1.165, 1.54) is 45.3 Å². The van der Waals surface area contributed by atoms with Gasteiger partial charge in [0.2, 0.25) is 0 Å². The van der Waals surface area contributed by atoms with Crippen molar-refractivity contribution in [3.05, 3.63) is 18.5 Å². The maximum atomic E-state index is 4.29. The van der Waals surface area contributed by atoms with Crippen molar-refractivity contribution in [2.24, 2.45) is 5.92 Å². The predicted molar refractivity (Wildman–Crippen MR) is 72.4 cm³/mol. The summed E-state index contributed by atoms with van der Waals surface area (Å²) in [7, 11) is 0. The van der Waals surface area contributed by atoms with E-state index in [4.69, 9.17) is 0 Å². The van der Waals surface area contributed by atoms with Crippen LogP contribution in [0, 0.1) is 5.92 Å². The van der Waals surface area contributed by atoms with E-state index in [0.717, 1.165) is 25.0 Å². The SMILES string of the molecule is c1cnn(CCN(CC2CCNCC2)C2CC2)c1. The van der Waals surface area contributed by atoms with E-state index in [9.17, 15) is 0 Å². The first-order valence-electron chi connectivity index (χ1n) is 7.34. The third-order valence-electron chi connectivity index (χ3n) is 4.19. The van der Waals surface area contributed by atoms with E-state index in [0.29, 0.717) is 0 Å². The Hall–Kier alpha value is -0.870. The molecule has 1 aromatic heterocycles. The Morgan fingerprint density at radius 2 is 2.06 bits per heavy atom. The molecule has 18 heavy (non-hydrogen) atoms. The van der Waals surface area contributed by atoms with Crippen molar-refractivity contribution in [2.45, 2.75) is 38.3 Å². The smallest absolute Gasteiger partial charge is 0.0536 e. The Morgan fingerprint density at radius 1 is 1.22 bits per heavy atom. The molecule has 1 aromatic rings. The molecular formula is C14H24N4. The Bertz CT molecular complexity index is 339. The molecule has 2 aliphatic rings. The molecule has 0 bridgehead atoms. The Morgan fingerprint density at radius 3 is 2.72 bits per heavy atom. The monoisotopic (exact) mass is 248 g/mol. The molecule has 0 spiro atoms. The summed E-state index contributed by atoms with van der Waals surface area (Å²) in [6.07, 6.45) is 9.45. The molecule has 4 nitrogen and oxygen atoms in total. The lowest BCUT2D eigenvalue weighted by atomic mass is 9.97. The van der Waals surface area contributed by atoms with Crippen LogP contribution in [0.2, 0.25) is 0 Å². The van der Waals surface area contributed by atoms with Crippen LogP contribution in [0.1, 0.15) is 25.7 Å². The van der Waals surface area contributed by atoms with E-state index in [1.807, 2.05) is 12.3 Å². The summed E-state index contributed by atoms with van der Waals surface area (Å²) in [6.45, 7) is 5.92. The lowest BCUT2D eigenvalue weighted by Gasteiger charge is -2.30. The molecule has 2 heterocycles. The van der Waals surface area contributed by atoms with Crippen molar-refractivity contribution in [2.75, 3.05) is 26.2 Å². The van der Waals surface area contributed by atoms with Crippen LogP contribution in [0.3, 0.4) is 0 Å². The van der Waals surface area contributed by atoms with Gasteiger partial charge in [-0.2, -0.15) is 5.10 Å². The summed E-state index contributed by atoms with van der Waals surface area (Å²) in [4.78, 5) is 2.71. The van der Waals surface area contributed by atoms with Gasteiger partial charge in [0.15, 0.2) is 0 Å². The van der Waals surface area contributed by atoms with E-state index in [1.54, 1.807) is 0 Å². The van der Waals surface area contributed by atoms with Gasteiger partial charge in [-0.25, -0.2) is 0 Å². The highest BCUT2D eigenvalue weighted by Gasteiger charge is 2.30. The molecule has 1 aliphatic carbocycles. The fraction of sp³-hybridized carbons (Fsp3) is 0.786. The van der Waals surface area contributed by atoms with Gasteiger partial charge >= 0.3 is 0 Å². The molecule has 100 valence electrons. The van der Waals surface area contributed by atoms with Crippen molar-refractivity contribution in [3.8, 4) is 0 Å². The number of piperidine rings is 1. The Labute approximate surface area is 109 Å². The van der Waals surface area contributed by atoms with Gasteiger partial charge in [-0.05, 0) is 50.8 Å². The van der Waals surface area contributed by atoms with E-state index in [-0.39, 0.29) is 0 Å². The van der Waals surface area contributed by atoms with Gasteiger partial charge in [-0.3, -0.25) is 9.58 Å². The first-order chi connectivity index (χ1) is 8.92. The van der Waals surface area contributed by atoms with Gasteiger partial charge in [0.25, 0.3) is 0 Å². The standard InChI is InChI=1S/C14H24N4/c1-6-16-18(9-1)11-10-17(14-2-3-14)12-13-4-7-15-8-5-13/h1,6,9,13-15H,2-5,7-8,10-12H2. The number of aromatic nitrogens is 2. The summed E-state index contributed by atoms with van der Waals surface area (Å²) < 4.78 is 2.05. The second-order valence-corrected chi connectivity index (χ2v) is 5.69. The van der Waals surface area contributed by atoms with Gasteiger partial charge in [-0.15, -0.1) is 0 Å². The van der Waals surface area contributed by atoms with Gasteiger partial charge < -0.3 is 5.32 Å². The van der Waals surface area contributed by atoms with Crippen molar-refractivity contribution in [1.82, 2.24) is 20.0 Å². The first-order valence-corrected chi connectivity index (χ1v) is 7.34. The fourth-order valence-electron chi connectivity index (χ4n) is 2.92. The maximum absolute atomic E-state index is 4.29. The molecule has 0 aromatic carbocycles. The highest BCUT2D eigenvalue weighted by atomic mass is 15.3. The summed E-state index contributed by atoms with van der Waals surface area (Å²) >= 11 is 0. The lowest BCUT2D eigenvalue weighted by molar-refractivity contribution is 0.189. The van der Waals surface area contributed by atoms with Crippen LogP contribution in [0.5, 0.6) is 0 Å². The Kier molecular flexibility index (Phi) is 3.96. The molecule has 1 aliphatic heterocycles. The number of hydrogen-bond acceptors (Lipinski definition) is 3. The molecule has 1 saturated heterocycles. The predicted octanol–water partition coefficient (Wildman–Crippen LogP) is 1.35. The third-order valence-corrected chi connectivity index (χ3v) is 4.19. The molecule has 2 fully saturated rings. The summed E-state index contributed by atoms with van der Waals surface area (Å²) in [5.41, 5.74) is 0. The van der Waals surface area contributed by atoms with Crippen molar-refractivity contribution < 1.29 is 0 Å². The Balaban J connectivity index is 1.48. The first kappa shape index (κ1) is 12.2. The molecule has 0 unspecified atom stereocenters. The minimum Gasteiger partial charge on any atom is -0.317 e. The third kappa shape index (κ3) is 3.33. The van der Waals surface area contributed by atoms with Crippen molar-refractivity contribution in [3.63, 3.8) is 0 Å². The molecule has 0 radical (unpaired) electrons. The van der Waals surface area contributed by atoms with Crippen molar-refractivity contribution >= 4 is 0 Å². The number of rotatable bonds is 6. The average molecular weight is 248 g/mol. The maximum Gasteiger partial charge on any atom is 0.0536 e. The summed E-state index contributed by atoms with van der Waals surface area (Å²) in [5.74, 6) is 0.907. The molecular weight excluding hydrogens is 224 g/mol. The van der Waals surface area contributed by atoms with Crippen molar-refractivity contribution in [1.29, 1.82) is 0 Å². The number of nitrogens with one attached hydrogen (secondary N) is 1. The minimum absolute atomic E-state index is 0.871. The van der Waals surface area contributed by atoms with E-state index >= 15 is 0 Å². The van der Waals surface area contributed by atoms with Crippen LogP contribution in [-0.2, 0) is 6.54 Å². The largest absolute Gasteiger partial charge is 0.317 e. The highest BCUT2D eigenvalue weighted by Crippen LogP contribution is 2.28. The molecule has 1 N–H and O–H groups in total. The zero-order valence-corrected chi connectivity index (χ0v) is 11.1. The summed E-state index contributed by atoms with van der Waals surface area (Å²) in [5, 5.41) is 7.75. The topological polar surface area (TPSA) is 33.1 Å². The van der Waals surface area contributed by atoms with Gasteiger partial charge in [0.1, 0.15) is 0 Å². The van der Waals surface area contributed by atoms with Crippen LogP contribution in [-0.4, -0.2) is 46.9 Å². The molecule has 0 atom stereocenters. The second-order valence-electron chi connectivity index (χ2n) is 5.69. The highest BCUT2D eigenvalue weighted by molar-refractivity contribution is 4.87. The lowest BCUT2D eigenvalue weighted by Crippen LogP contribution is -2.38. The van der Waals surface area contributed by atoms with E-state index < -0.39 is 0 Å². The van der Waals surface area contributed by atoms with Crippen LogP contribution >= 0.6 is 0 Å². The second kappa shape index (κ2) is 5.85. The average Bonchev–Trinajstić information content (AvgIpc) is 3.12. The fourth-order valence-corrected chi connectivity index (χ4v) is 2.92. The quantitative estimate of drug-likeness (QED) is 0.825. The normalized spacial score (nSPS) is 21.6. The summed E-state index contributed by atoms with van der Waals surface area (Å²) in [6, 6.07) is 2.88. The zero-order valence-electron chi connectivity index (χ0n) is 11.1. The zero-order chi connectivity index (χ0) is 12.2. The number of hydrogen-bond donors (Lipinski definition) is 1. The van der Waals surface area contributed by atoms with Crippen LogP contribution in [0.25, 0.3) is 0 Å². The van der Waals surface area contributed by atoms with Gasteiger partial charge in [0.05, 0.1) is 6.54 Å². The molecule has 1 saturated carbocycles. The molecule has 0 amide bonds. The minimum atomic E-state index is 0.871. The molecule has 3 rings (SSSR count). The van der Waals surface area contributed by atoms with Crippen LogP contribution < -0.4 is 5.32 Å².